The van der Waals surface area contributed by atoms with Crippen molar-refractivity contribution in [2.75, 3.05) is 46.1 Å². The number of aromatic nitrogens is 1. The average Bonchev–Trinajstić information content (AvgIpc) is 3.74. The van der Waals surface area contributed by atoms with E-state index >= 15 is 0 Å². The van der Waals surface area contributed by atoms with Crippen LogP contribution in [0.25, 0.3) is 10.4 Å². The third-order valence-electron chi connectivity index (χ3n) is 8.12. The lowest BCUT2D eigenvalue weighted by Crippen LogP contribution is -2.57. The Bertz CT molecular complexity index is 1480. The molecule has 3 rings (SSSR count). The zero-order valence-corrected chi connectivity index (χ0v) is 32.4. The maximum atomic E-state index is 13.8. The number of ether oxygens (including phenoxy) is 3. The Morgan fingerprint density at radius 2 is 1.52 bits per heavy atom. The van der Waals surface area contributed by atoms with E-state index in [1.807, 2.05) is 57.5 Å². The number of likely N-dealkylation sites (tertiary alicyclic amines) is 1. The minimum Gasteiger partial charge on any atom is -0.444 e. The summed E-state index contributed by atoms with van der Waals surface area (Å²) in [6.07, 6.45) is 0.572. The van der Waals surface area contributed by atoms with Crippen molar-refractivity contribution < 1.29 is 38.2 Å². The zero-order chi connectivity index (χ0) is 38.3. The number of nitrogens with zero attached hydrogens (tertiary/aromatic N) is 2. The summed E-state index contributed by atoms with van der Waals surface area (Å²) in [4.78, 5) is 70.9. The number of aryl methyl sites for hydroxylation is 1. The molecule has 2 atom stereocenters. The maximum absolute atomic E-state index is 13.8. The average molecular weight is 745 g/mol. The van der Waals surface area contributed by atoms with Gasteiger partial charge in [-0.2, -0.15) is 0 Å². The van der Waals surface area contributed by atoms with Crippen LogP contribution < -0.4 is 21.3 Å². The van der Waals surface area contributed by atoms with Gasteiger partial charge in [0.2, 0.25) is 23.6 Å². The quantitative estimate of drug-likeness (QED) is 0.166. The van der Waals surface area contributed by atoms with Gasteiger partial charge in [-0.15, -0.1) is 11.3 Å². The summed E-state index contributed by atoms with van der Waals surface area (Å²) in [5, 5.41) is 11.1. The Kier molecular flexibility index (Phi) is 16.5. The summed E-state index contributed by atoms with van der Waals surface area (Å²) in [5.41, 5.74) is 3.63. The summed E-state index contributed by atoms with van der Waals surface area (Å²) >= 11 is 1.59. The number of hydrogen-bond donors (Lipinski definition) is 4. The van der Waals surface area contributed by atoms with Gasteiger partial charge in [0.25, 0.3) is 0 Å². The van der Waals surface area contributed by atoms with Crippen LogP contribution in [-0.2, 0) is 39.9 Å². The molecule has 0 unspecified atom stereocenters. The molecule has 1 aliphatic rings. The van der Waals surface area contributed by atoms with Crippen LogP contribution in [0.4, 0.5) is 4.79 Å². The van der Waals surface area contributed by atoms with Gasteiger partial charge in [0, 0.05) is 39.0 Å². The first kappa shape index (κ1) is 42.3. The smallest absolute Gasteiger partial charge is 0.407 e. The molecule has 0 radical (unpaired) electrons. The van der Waals surface area contributed by atoms with E-state index in [2.05, 4.69) is 26.3 Å². The molecule has 1 aliphatic heterocycles. The number of amides is 5. The third-order valence-corrected chi connectivity index (χ3v) is 9.10. The van der Waals surface area contributed by atoms with Crippen LogP contribution >= 0.6 is 11.3 Å². The lowest BCUT2D eigenvalue weighted by Gasteiger charge is -2.35. The van der Waals surface area contributed by atoms with E-state index in [0.29, 0.717) is 52.3 Å². The number of alkyl carbamates (subject to hydrolysis) is 1. The van der Waals surface area contributed by atoms with Crippen LogP contribution in [0.15, 0.2) is 29.8 Å². The van der Waals surface area contributed by atoms with Crippen LogP contribution in [0.2, 0.25) is 0 Å². The summed E-state index contributed by atoms with van der Waals surface area (Å²) in [5.74, 6) is -1.28. The van der Waals surface area contributed by atoms with E-state index in [1.165, 1.54) is 0 Å². The van der Waals surface area contributed by atoms with Gasteiger partial charge in [0.1, 0.15) is 17.7 Å². The zero-order valence-electron chi connectivity index (χ0n) is 31.6. The van der Waals surface area contributed by atoms with Crippen LogP contribution in [0.1, 0.15) is 78.5 Å². The van der Waals surface area contributed by atoms with Crippen LogP contribution in [0.5, 0.6) is 0 Å². The minimum atomic E-state index is -0.872. The van der Waals surface area contributed by atoms with Crippen molar-refractivity contribution in [1.29, 1.82) is 0 Å². The Balaban J connectivity index is 1.35. The van der Waals surface area contributed by atoms with Crippen molar-refractivity contribution in [2.45, 2.75) is 98.4 Å². The summed E-state index contributed by atoms with van der Waals surface area (Å²) in [6, 6.07) is 6.47. The second-order valence-electron chi connectivity index (χ2n) is 14.7. The molecule has 14 nitrogen and oxygen atoms in total. The molecule has 288 valence electrons. The lowest BCUT2D eigenvalue weighted by atomic mass is 9.85. The second-order valence-corrected chi connectivity index (χ2v) is 15.6. The molecule has 2 aromatic rings. The van der Waals surface area contributed by atoms with Gasteiger partial charge in [-0.25, -0.2) is 9.78 Å². The monoisotopic (exact) mass is 744 g/mol. The first-order valence-electron chi connectivity index (χ1n) is 17.8. The molecular weight excluding hydrogens is 689 g/mol. The Morgan fingerprint density at radius 3 is 2.12 bits per heavy atom. The van der Waals surface area contributed by atoms with Gasteiger partial charge in [-0.1, -0.05) is 45.0 Å². The van der Waals surface area contributed by atoms with Gasteiger partial charge in [0.05, 0.1) is 42.5 Å². The summed E-state index contributed by atoms with van der Waals surface area (Å²) < 4.78 is 16.0. The van der Waals surface area contributed by atoms with Gasteiger partial charge in [-0.3, -0.25) is 19.2 Å². The molecule has 0 bridgehead atoms. The number of hydrogen-bond acceptors (Lipinski definition) is 10. The molecule has 52 heavy (non-hydrogen) atoms. The SMILES string of the molecule is Cc1ncsc1-c1ccc(CNC(=O)[C@@H]2CCCN2C(=O)[C@@H](NC(=O)CCC(=O)NCCOCCOCCNC(=O)OC(C)(C)C)C(C)(C)C)cc1. The summed E-state index contributed by atoms with van der Waals surface area (Å²) in [7, 11) is 0. The van der Waals surface area contributed by atoms with Crippen molar-refractivity contribution in [3.05, 3.63) is 41.0 Å². The minimum absolute atomic E-state index is 0.0514. The fourth-order valence-corrected chi connectivity index (χ4v) is 6.26. The molecular formula is C37H56N6O8S. The summed E-state index contributed by atoms with van der Waals surface area (Å²) in [6.45, 7) is 15.4. The molecule has 1 saturated heterocycles. The maximum Gasteiger partial charge on any atom is 0.407 e. The molecule has 1 aromatic carbocycles. The molecule has 0 spiro atoms. The largest absolute Gasteiger partial charge is 0.444 e. The number of carbonyl (C=O) groups is 5. The van der Waals surface area contributed by atoms with Crippen LogP contribution in [-0.4, -0.2) is 103 Å². The third kappa shape index (κ3) is 14.5. The van der Waals surface area contributed by atoms with Crippen molar-refractivity contribution in [3.63, 3.8) is 0 Å². The number of benzene rings is 1. The molecule has 5 amide bonds. The lowest BCUT2D eigenvalue weighted by molar-refractivity contribution is -0.144. The Hall–Kier alpha value is -4.08. The number of thiazole rings is 1. The Morgan fingerprint density at radius 1 is 0.885 bits per heavy atom. The standard InChI is InChI=1S/C37H56N6O8S/c1-25-31(52-24-41-25)27-12-10-26(11-13-27)23-40-33(46)28-9-8-18-43(28)34(47)32(36(2,3)4)42-30(45)15-14-29(44)38-16-19-49-21-22-50-20-17-39-35(48)51-37(5,6)7/h10-13,24,28,32H,8-9,14-23H2,1-7H3,(H,38,44)(H,39,48)(H,40,46)(H,42,45)/t28-,32+/m0/s1. The van der Waals surface area contributed by atoms with Gasteiger partial charge in [-0.05, 0) is 57.1 Å². The van der Waals surface area contributed by atoms with Gasteiger partial charge in [0.15, 0.2) is 0 Å². The van der Waals surface area contributed by atoms with Crippen LogP contribution in [0.3, 0.4) is 0 Å². The normalized spacial score (nSPS) is 15.1. The molecule has 0 aliphatic carbocycles. The highest BCUT2D eigenvalue weighted by Gasteiger charge is 2.41. The van der Waals surface area contributed by atoms with Crippen molar-refractivity contribution >= 4 is 41.1 Å². The highest BCUT2D eigenvalue weighted by Crippen LogP contribution is 2.28. The first-order valence-corrected chi connectivity index (χ1v) is 18.7. The van der Waals surface area contributed by atoms with Crippen molar-refractivity contribution in [2.24, 2.45) is 5.41 Å². The number of carbonyl (C=O) groups excluding carboxylic acids is 5. The fourth-order valence-electron chi connectivity index (χ4n) is 5.45. The second kappa shape index (κ2) is 20.2. The molecule has 4 N–H and O–H groups in total. The fraction of sp³-hybridized carbons (Fsp3) is 0.622. The first-order chi connectivity index (χ1) is 24.5. The van der Waals surface area contributed by atoms with E-state index in [-0.39, 0.29) is 43.7 Å². The van der Waals surface area contributed by atoms with Gasteiger partial charge >= 0.3 is 6.09 Å². The Labute approximate surface area is 311 Å². The van der Waals surface area contributed by atoms with E-state index in [1.54, 1.807) is 37.0 Å². The van der Waals surface area contributed by atoms with Gasteiger partial charge < -0.3 is 40.4 Å². The molecule has 1 aromatic heterocycles. The van der Waals surface area contributed by atoms with E-state index < -0.39 is 35.1 Å². The highest BCUT2D eigenvalue weighted by atomic mass is 32.1. The molecule has 2 heterocycles. The number of rotatable bonds is 18. The molecule has 0 saturated carbocycles. The van der Waals surface area contributed by atoms with Crippen molar-refractivity contribution in [1.82, 2.24) is 31.2 Å². The molecule has 1 fully saturated rings. The van der Waals surface area contributed by atoms with E-state index in [9.17, 15) is 24.0 Å². The predicted octanol–water partition coefficient (Wildman–Crippen LogP) is 3.71. The number of nitrogens with one attached hydrogen (secondary N) is 4. The highest BCUT2D eigenvalue weighted by molar-refractivity contribution is 7.13. The van der Waals surface area contributed by atoms with E-state index in [0.717, 1.165) is 21.7 Å². The van der Waals surface area contributed by atoms with Crippen molar-refractivity contribution in [3.8, 4) is 10.4 Å². The van der Waals surface area contributed by atoms with Crippen LogP contribution in [0, 0.1) is 12.3 Å². The molecule has 15 heteroatoms. The van der Waals surface area contributed by atoms with E-state index in [4.69, 9.17) is 14.2 Å². The predicted molar refractivity (Wildman–Crippen MR) is 198 cm³/mol. The topological polar surface area (TPSA) is 177 Å².